The predicted molar refractivity (Wildman–Crippen MR) is 66.3 cm³/mol. The molecule has 0 amide bonds. The molecule has 1 aliphatic rings. The molecule has 0 bridgehead atoms. The van der Waals surface area contributed by atoms with Gasteiger partial charge in [-0.1, -0.05) is 26.8 Å². The number of hydrogen-bond acceptors (Lipinski definition) is 2. The lowest BCUT2D eigenvalue weighted by molar-refractivity contribution is 0.713. The smallest absolute Gasteiger partial charge is 0.0992 e. The molecule has 0 aromatic heterocycles. The van der Waals surface area contributed by atoms with E-state index in [1.807, 2.05) is 37.7 Å². The number of rotatable bonds is 0. The fraction of sp³-hybridized carbons (Fsp3) is 0.462. The van der Waals surface area contributed by atoms with Crippen LogP contribution in [0.2, 0.25) is 0 Å². The normalized spacial score (nSPS) is 18.1. The summed E-state index contributed by atoms with van der Waals surface area (Å²) in [6.45, 7) is 6.25. The second-order valence-electron chi connectivity index (χ2n) is 3.40. The molecule has 0 fully saturated rings. The van der Waals surface area contributed by atoms with Crippen molar-refractivity contribution in [1.82, 2.24) is 0 Å². The first-order valence-corrected chi connectivity index (χ1v) is 6.46. The Hall–Kier alpha value is -0.940. The van der Waals surface area contributed by atoms with E-state index in [0.717, 1.165) is 5.56 Å². The van der Waals surface area contributed by atoms with Gasteiger partial charge in [0.15, 0.2) is 0 Å². The Labute approximate surface area is 96.5 Å². The number of fused-ring (bicyclic) bond motifs is 1. The molecule has 80 valence electrons. The van der Waals surface area contributed by atoms with Crippen LogP contribution in [0, 0.1) is 11.3 Å². The highest BCUT2D eigenvalue weighted by molar-refractivity contribution is 7.99. The van der Waals surface area contributed by atoms with Gasteiger partial charge in [-0.05, 0) is 35.8 Å². The molecular weight excluding hydrogens is 202 g/mol. The highest BCUT2D eigenvalue weighted by Gasteiger charge is 2.16. The van der Waals surface area contributed by atoms with E-state index >= 15 is 0 Å². The summed E-state index contributed by atoms with van der Waals surface area (Å²) in [5.41, 5.74) is 2.19. The van der Waals surface area contributed by atoms with E-state index in [1.54, 1.807) is 0 Å². The molecule has 1 aromatic rings. The van der Waals surface area contributed by atoms with Crippen molar-refractivity contribution in [3.8, 4) is 6.07 Å². The third-order valence-electron chi connectivity index (χ3n) is 2.48. The summed E-state index contributed by atoms with van der Waals surface area (Å²) in [6.07, 6.45) is 1.25. The second-order valence-corrected chi connectivity index (χ2v) is 4.54. The molecule has 2 rings (SSSR count). The molecule has 1 unspecified atom stereocenters. The fourth-order valence-electron chi connectivity index (χ4n) is 1.64. The lowest BCUT2D eigenvalue weighted by Crippen LogP contribution is -2.03. The molecule has 0 aliphatic carbocycles. The van der Waals surface area contributed by atoms with Crippen molar-refractivity contribution in [3.05, 3.63) is 29.3 Å². The van der Waals surface area contributed by atoms with E-state index in [4.69, 9.17) is 5.26 Å². The van der Waals surface area contributed by atoms with Gasteiger partial charge in [-0.25, -0.2) is 0 Å². The van der Waals surface area contributed by atoms with Crippen LogP contribution in [-0.2, 0) is 0 Å². The average Bonchev–Trinajstić information content (AvgIpc) is 2.31. The maximum Gasteiger partial charge on any atom is 0.0992 e. The van der Waals surface area contributed by atoms with Gasteiger partial charge in [-0.2, -0.15) is 5.26 Å². The average molecular weight is 219 g/mol. The van der Waals surface area contributed by atoms with Crippen molar-refractivity contribution in [3.63, 3.8) is 0 Å². The first-order chi connectivity index (χ1) is 7.31. The van der Waals surface area contributed by atoms with Crippen LogP contribution in [0.1, 0.15) is 44.2 Å². The van der Waals surface area contributed by atoms with E-state index in [9.17, 15) is 0 Å². The Morgan fingerprint density at radius 1 is 1.40 bits per heavy atom. The van der Waals surface area contributed by atoms with Crippen molar-refractivity contribution in [2.24, 2.45) is 0 Å². The highest BCUT2D eigenvalue weighted by Crippen LogP contribution is 2.37. The second kappa shape index (κ2) is 5.82. The van der Waals surface area contributed by atoms with E-state index in [-0.39, 0.29) is 0 Å². The quantitative estimate of drug-likeness (QED) is 0.653. The minimum absolute atomic E-state index is 0.656. The minimum Gasteiger partial charge on any atom is -0.192 e. The highest BCUT2D eigenvalue weighted by atomic mass is 32.2. The molecule has 0 radical (unpaired) electrons. The van der Waals surface area contributed by atoms with Crippen LogP contribution in [0.3, 0.4) is 0 Å². The van der Waals surface area contributed by atoms with Gasteiger partial charge in [0.1, 0.15) is 0 Å². The van der Waals surface area contributed by atoms with Gasteiger partial charge in [-0.15, -0.1) is 11.8 Å². The summed E-state index contributed by atoms with van der Waals surface area (Å²) in [6, 6.07) is 8.21. The van der Waals surface area contributed by atoms with E-state index in [0.29, 0.717) is 5.92 Å². The lowest BCUT2D eigenvalue weighted by atomic mass is 9.97. The zero-order valence-corrected chi connectivity index (χ0v) is 10.4. The van der Waals surface area contributed by atoms with Crippen molar-refractivity contribution in [2.45, 2.75) is 38.0 Å². The molecule has 0 N–H and O–H groups in total. The van der Waals surface area contributed by atoms with E-state index in [1.165, 1.54) is 22.6 Å². The van der Waals surface area contributed by atoms with E-state index in [2.05, 4.69) is 19.1 Å². The molecular formula is C13H17NS. The monoisotopic (exact) mass is 219 g/mol. The molecule has 0 saturated heterocycles. The molecule has 1 aliphatic heterocycles. The number of thioether (sulfide) groups is 1. The van der Waals surface area contributed by atoms with Crippen LogP contribution in [0.4, 0.5) is 0 Å². The van der Waals surface area contributed by atoms with Crippen molar-refractivity contribution >= 4 is 11.8 Å². The Morgan fingerprint density at radius 3 is 2.80 bits per heavy atom. The summed E-state index contributed by atoms with van der Waals surface area (Å²) in [5.74, 6) is 1.84. The molecule has 1 heterocycles. The van der Waals surface area contributed by atoms with Crippen molar-refractivity contribution < 1.29 is 0 Å². The summed E-state index contributed by atoms with van der Waals surface area (Å²) < 4.78 is 0. The van der Waals surface area contributed by atoms with Gasteiger partial charge < -0.3 is 0 Å². The summed E-state index contributed by atoms with van der Waals surface area (Å²) in [4.78, 5) is 1.30. The third-order valence-corrected chi connectivity index (χ3v) is 3.59. The Bertz CT molecular complexity index is 365. The third kappa shape index (κ3) is 2.76. The predicted octanol–water partition coefficient (Wildman–Crippen LogP) is 4.18. The number of benzene rings is 1. The molecule has 1 nitrogen and oxygen atoms in total. The van der Waals surface area contributed by atoms with Gasteiger partial charge in [-0.3, -0.25) is 0 Å². The Balaban J connectivity index is 0.000000531. The van der Waals surface area contributed by atoms with Crippen LogP contribution >= 0.6 is 11.8 Å². The maximum atomic E-state index is 8.75. The number of nitriles is 1. The topological polar surface area (TPSA) is 23.8 Å². The zero-order chi connectivity index (χ0) is 11.3. The molecule has 0 spiro atoms. The molecule has 1 aromatic carbocycles. The van der Waals surface area contributed by atoms with Crippen LogP contribution in [0.25, 0.3) is 0 Å². The van der Waals surface area contributed by atoms with Gasteiger partial charge >= 0.3 is 0 Å². The Morgan fingerprint density at radius 2 is 2.13 bits per heavy atom. The van der Waals surface area contributed by atoms with Crippen LogP contribution in [-0.4, -0.2) is 5.75 Å². The largest absolute Gasteiger partial charge is 0.192 e. The lowest BCUT2D eigenvalue weighted by Gasteiger charge is -2.21. The van der Waals surface area contributed by atoms with Crippen LogP contribution in [0.15, 0.2) is 23.1 Å². The summed E-state index contributed by atoms with van der Waals surface area (Å²) in [7, 11) is 0. The molecule has 15 heavy (non-hydrogen) atoms. The van der Waals surface area contributed by atoms with Gasteiger partial charge in [0.2, 0.25) is 0 Å². The summed E-state index contributed by atoms with van der Waals surface area (Å²) in [5, 5.41) is 8.75. The standard InChI is InChI=1S/C11H11NS.C2H6/c1-8-4-5-13-11-6-9(7-12)2-3-10(8)11;1-2/h2-3,6,8H,4-5H2,1H3;1-2H3. The number of hydrogen-bond donors (Lipinski definition) is 0. The SMILES string of the molecule is CC.CC1CCSc2cc(C#N)ccc21. The zero-order valence-electron chi connectivity index (χ0n) is 9.58. The van der Waals surface area contributed by atoms with Crippen LogP contribution in [0.5, 0.6) is 0 Å². The first kappa shape index (κ1) is 12.1. The van der Waals surface area contributed by atoms with Crippen molar-refractivity contribution in [2.75, 3.05) is 5.75 Å². The molecule has 1 atom stereocenters. The summed E-state index contributed by atoms with van der Waals surface area (Å²) >= 11 is 1.87. The first-order valence-electron chi connectivity index (χ1n) is 5.48. The Kier molecular flexibility index (Phi) is 4.71. The molecule has 2 heteroatoms. The van der Waals surface area contributed by atoms with Gasteiger partial charge in [0.05, 0.1) is 11.6 Å². The van der Waals surface area contributed by atoms with Crippen LogP contribution < -0.4 is 0 Å². The number of nitrogens with zero attached hydrogens (tertiary/aromatic N) is 1. The van der Waals surface area contributed by atoms with Gasteiger partial charge in [0, 0.05) is 4.90 Å². The maximum absolute atomic E-state index is 8.75. The fourth-order valence-corrected chi connectivity index (χ4v) is 2.97. The van der Waals surface area contributed by atoms with Gasteiger partial charge in [0.25, 0.3) is 0 Å². The molecule has 0 saturated carbocycles. The van der Waals surface area contributed by atoms with Crippen molar-refractivity contribution in [1.29, 1.82) is 5.26 Å². The van der Waals surface area contributed by atoms with E-state index < -0.39 is 0 Å². The minimum atomic E-state index is 0.656.